The van der Waals surface area contributed by atoms with Gasteiger partial charge in [-0.05, 0) is 28.8 Å². The maximum absolute atomic E-state index is 11.6. The Labute approximate surface area is 103 Å². The largest absolute Gasteiger partial charge is 0.365 e. The predicted molar refractivity (Wildman–Crippen MR) is 70.1 cm³/mol. The summed E-state index contributed by atoms with van der Waals surface area (Å²) in [5.41, 5.74) is 0. The van der Waals surface area contributed by atoms with Crippen molar-refractivity contribution in [2.45, 2.75) is 55.6 Å². The third-order valence-electron chi connectivity index (χ3n) is 2.66. The van der Waals surface area contributed by atoms with Crippen molar-refractivity contribution in [1.29, 1.82) is 0 Å². The zero-order valence-corrected chi connectivity index (χ0v) is 11.7. The summed E-state index contributed by atoms with van der Waals surface area (Å²) in [6, 6.07) is 0. The lowest BCUT2D eigenvalue weighted by Gasteiger charge is -2.20. The standard InChI is InChI=1S/C11H20BrNOS/c1-2-3-4-5-6-7-8-11(12)13-9-10-15(11)14/h9-10,13H,2-8H2,1H3. The van der Waals surface area contributed by atoms with E-state index < -0.39 is 10.8 Å². The van der Waals surface area contributed by atoms with Crippen molar-refractivity contribution in [2.75, 3.05) is 0 Å². The molecule has 0 amide bonds. The fourth-order valence-electron chi connectivity index (χ4n) is 1.69. The first-order valence-corrected chi connectivity index (χ1v) is 7.73. The van der Waals surface area contributed by atoms with Gasteiger partial charge in [0.2, 0.25) is 0 Å². The summed E-state index contributed by atoms with van der Waals surface area (Å²) in [4.78, 5) is 0. The van der Waals surface area contributed by atoms with E-state index in [-0.39, 0.29) is 3.78 Å². The smallest absolute Gasteiger partial charge is 0.173 e. The molecule has 2 atom stereocenters. The van der Waals surface area contributed by atoms with Gasteiger partial charge in [0.05, 0.1) is 10.8 Å². The van der Waals surface area contributed by atoms with Gasteiger partial charge in [-0.15, -0.1) is 0 Å². The van der Waals surface area contributed by atoms with Gasteiger partial charge >= 0.3 is 0 Å². The van der Waals surface area contributed by atoms with Gasteiger partial charge in [0, 0.05) is 11.6 Å². The summed E-state index contributed by atoms with van der Waals surface area (Å²) in [5, 5.41) is 4.83. The zero-order chi connectivity index (χ0) is 11.1. The quantitative estimate of drug-likeness (QED) is 0.441. The van der Waals surface area contributed by atoms with Crippen molar-refractivity contribution < 1.29 is 4.21 Å². The lowest BCUT2D eigenvalue weighted by Crippen LogP contribution is -2.34. The summed E-state index contributed by atoms with van der Waals surface area (Å²) >= 11 is 3.52. The van der Waals surface area contributed by atoms with Crippen molar-refractivity contribution in [2.24, 2.45) is 0 Å². The molecule has 0 spiro atoms. The van der Waals surface area contributed by atoms with Crippen LogP contribution >= 0.6 is 15.9 Å². The number of hydrogen-bond acceptors (Lipinski definition) is 2. The third kappa shape index (κ3) is 4.27. The highest BCUT2D eigenvalue weighted by atomic mass is 79.9. The molecule has 0 radical (unpaired) electrons. The Bertz CT molecular complexity index is 245. The molecule has 4 heteroatoms. The van der Waals surface area contributed by atoms with Crippen molar-refractivity contribution in [3.8, 4) is 0 Å². The molecule has 1 aliphatic heterocycles. The molecule has 2 nitrogen and oxygen atoms in total. The van der Waals surface area contributed by atoms with E-state index in [1.807, 2.05) is 0 Å². The number of halogens is 1. The lowest BCUT2D eigenvalue weighted by molar-refractivity contribution is 0.551. The molecule has 0 saturated carbocycles. The molecule has 15 heavy (non-hydrogen) atoms. The molecule has 0 aromatic rings. The van der Waals surface area contributed by atoms with Crippen LogP contribution in [0.4, 0.5) is 0 Å². The average Bonchev–Trinajstić information content (AvgIpc) is 2.54. The molecular formula is C11H20BrNOS. The van der Waals surface area contributed by atoms with Gasteiger partial charge in [0.25, 0.3) is 0 Å². The normalized spacial score (nSPS) is 29.3. The van der Waals surface area contributed by atoms with Crippen LogP contribution in [-0.2, 0) is 10.8 Å². The summed E-state index contributed by atoms with van der Waals surface area (Å²) in [5.74, 6) is 0. The van der Waals surface area contributed by atoms with Crippen molar-refractivity contribution in [1.82, 2.24) is 5.32 Å². The van der Waals surface area contributed by atoms with E-state index in [2.05, 4.69) is 28.2 Å². The summed E-state index contributed by atoms with van der Waals surface area (Å²) < 4.78 is 11.2. The van der Waals surface area contributed by atoms with Gasteiger partial charge in [-0.25, -0.2) is 0 Å². The minimum atomic E-state index is -0.910. The second-order valence-electron chi connectivity index (χ2n) is 3.99. The molecule has 0 aliphatic carbocycles. The third-order valence-corrected chi connectivity index (χ3v) is 5.59. The topological polar surface area (TPSA) is 29.1 Å². The van der Waals surface area contributed by atoms with Crippen LogP contribution in [0.2, 0.25) is 0 Å². The monoisotopic (exact) mass is 293 g/mol. The molecule has 0 aromatic heterocycles. The minimum Gasteiger partial charge on any atom is -0.365 e. The van der Waals surface area contributed by atoms with Crippen LogP contribution in [0, 0.1) is 0 Å². The molecule has 0 fully saturated rings. The number of alkyl halides is 1. The second kappa shape index (κ2) is 6.69. The molecule has 0 saturated heterocycles. The highest BCUT2D eigenvalue weighted by Crippen LogP contribution is 2.30. The second-order valence-corrected chi connectivity index (χ2v) is 7.43. The van der Waals surface area contributed by atoms with E-state index in [1.165, 1.54) is 32.1 Å². The number of hydrogen-bond donors (Lipinski definition) is 1. The van der Waals surface area contributed by atoms with Gasteiger partial charge in [-0.3, -0.25) is 4.21 Å². The van der Waals surface area contributed by atoms with Crippen LogP contribution in [0.3, 0.4) is 0 Å². The SMILES string of the molecule is CCCCCCCCC1(Br)NC=CS1=O. The number of nitrogens with one attached hydrogen (secondary N) is 1. The molecule has 1 rings (SSSR count). The first-order chi connectivity index (χ1) is 7.19. The Morgan fingerprint density at radius 2 is 1.93 bits per heavy atom. The first kappa shape index (κ1) is 13.2. The maximum atomic E-state index is 11.6. The van der Waals surface area contributed by atoms with E-state index in [0.717, 1.165) is 12.8 Å². The van der Waals surface area contributed by atoms with Crippen LogP contribution in [0.15, 0.2) is 11.6 Å². The Balaban J connectivity index is 2.07. The Kier molecular flexibility index (Phi) is 5.90. The van der Waals surface area contributed by atoms with Gasteiger partial charge < -0.3 is 5.32 Å². The van der Waals surface area contributed by atoms with Crippen LogP contribution in [0.5, 0.6) is 0 Å². The van der Waals surface area contributed by atoms with E-state index >= 15 is 0 Å². The Morgan fingerprint density at radius 3 is 2.53 bits per heavy atom. The predicted octanol–water partition coefficient (Wildman–Crippen LogP) is 3.61. The van der Waals surface area contributed by atoms with Crippen molar-refractivity contribution in [3.05, 3.63) is 11.6 Å². The zero-order valence-electron chi connectivity index (χ0n) is 9.30. The van der Waals surface area contributed by atoms with Gasteiger partial charge in [-0.1, -0.05) is 39.0 Å². The number of rotatable bonds is 7. The molecule has 2 unspecified atom stereocenters. The van der Waals surface area contributed by atoms with Crippen LogP contribution in [0.1, 0.15) is 51.9 Å². The molecule has 88 valence electrons. The highest BCUT2D eigenvalue weighted by molar-refractivity contribution is 9.11. The fourth-order valence-corrected chi connectivity index (χ4v) is 3.36. The van der Waals surface area contributed by atoms with Gasteiger partial charge in [-0.2, -0.15) is 0 Å². The van der Waals surface area contributed by atoms with Gasteiger partial charge in [0.15, 0.2) is 3.78 Å². The lowest BCUT2D eigenvalue weighted by atomic mass is 10.1. The summed E-state index contributed by atoms with van der Waals surface area (Å²) in [7, 11) is -0.910. The van der Waals surface area contributed by atoms with Gasteiger partial charge in [0.1, 0.15) is 0 Å². The molecule has 1 aliphatic rings. The highest BCUT2D eigenvalue weighted by Gasteiger charge is 2.33. The van der Waals surface area contributed by atoms with E-state index in [9.17, 15) is 4.21 Å². The fraction of sp³-hybridized carbons (Fsp3) is 0.818. The summed E-state index contributed by atoms with van der Waals surface area (Å²) in [6.07, 6.45) is 10.4. The van der Waals surface area contributed by atoms with E-state index in [1.54, 1.807) is 11.6 Å². The number of unbranched alkanes of at least 4 members (excludes halogenated alkanes) is 5. The van der Waals surface area contributed by atoms with Crippen LogP contribution in [0.25, 0.3) is 0 Å². The van der Waals surface area contributed by atoms with Crippen molar-refractivity contribution in [3.63, 3.8) is 0 Å². The van der Waals surface area contributed by atoms with E-state index in [0.29, 0.717) is 0 Å². The molecule has 1 heterocycles. The molecule has 1 N–H and O–H groups in total. The molecule has 0 bridgehead atoms. The summed E-state index contributed by atoms with van der Waals surface area (Å²) in [6.45, 7) is 2.23. The molecular weight excluding hydrogens is 274 g/mol. The van der Waals surface area contributed by atoms with Crippen LogP contribution in [-0.4, -0.2) is 7.99 Å². The Morgan fingerprint density at radius 1 is 1.27 bits per heavy atom. The average molecular weight is 294 g/mol. The Hall–Kier alpha value is 0.170. The first-order valence-electron chi connectivity index (χ1n) is 5.73. The molecule has 0 aromatic carbocycles. The van der Waals surface area contributed by atoms with E-state index in [4.69, 9.17) is 0 Å². The van der Waals surface area contributed by atoms with Crippen molar-refractivity contribution >= 4 is 26.7 Å². The van der Waals surface area contributed by atoms with Crippen LogP contribution < -0.4 is 5.32 Å². The minimum absolute atomic E-state index is 0.377. The maximum Gasteiger partial charge on any atom is 0.173 e.